The summed E-state index contributed by atoms with van der Waals surface area (Å²) in [5.41, 5.74) is 4.22. The molecule has 0 saturated heterocycles. The van der Waals surface area contributed by atoms with Gasteiger partial charge in [0.25, 0.3) is 6.01 Å². The third kappa shape index (κ3) is 3.88. The second-order valence-corrected chi connectivity index (χ2v) is 7.23. The molecular formula is C25H18FN3O2. The molecule has 0 saturated carbocycles. The number of anilines is 1. The molecule has 1 aliphatic heterocycles. The number of nitrogens with one attached hydrogen (secondary N) is 1. The smallest absolute Gasteiger partial charge is 0.297 e. The van der Waals surface area contributed by atoms with E-state index >= 15 is 0 Å². The SMILES string of the molecule is O=C1Cc2ccccc2C(c2ccccc2)=NC1Nc1ncc(-c2ccc(F)cc2)o1. The van der Waals surface area contributed by atoms with E-state index < -0.39 is 6.17 Å². The second kappa shape index (κ2) is 7.99. The first kappa shape index (κ1) is 18.9. The zero-order chi connectivity index (χ0) is 21.2. The van der Waals surface area contributed by atoms with Gasteiger partial charge in [-0.3, -0.25) is 9.79 Å². The Kier molecular flexibility index (Phi) is 4.88. The van der Waals surface area contributed by atoms with Crippen LogP contribution < -0.4 is 5.32 Å². The summed E-state index contributed by atoms with van der Waals surface area (Å²) in [6.07, 6.45) is 0.939. The minimum absolute atomic E-state index is 0.0834. The van der Waals surface area contributed by atoms with Crippen molar-refractivity contribution >= 4 is 17.5 Å². The largest absolute Gasteiger partial charge is 0.424 e. The van der Waals surface area contributed by atoms with E-state index in [0.717, 1.165) is 22.4 Å². The summed E-state index contributed by atoms with van der Waals surface area (Å²) in [6.45, 7) is 0. The fourth-order valence-electron chi connectivity index (χ4n) is 3.60. The van der Waals surface area contributed by atoms with Crippen molar-refractivity contribution in [3.8, 4) is 11.3 Å². The highest BCUT2D eigenvalue weighted by atomic mass is 19.1. The summed E-state index contributed by atoms with van der Waals surface area (Å²) >= 11 is 0. The van der Waals surface area contributed by atoms with E-state index in [1.807, 2.05) is 54.6 Å². The fraction of sp³-hybridized carbons (Fsp3) is 0.0800. The van der Waals surface area contributed by atoms with Crippen LogP contribution in [0.3, 0.4) is 0 Å². The predicted molar refractivity (Wildman–Crippen MR) is 117 cm³/mol. The number of nitrogens with zero attached hydrogens (tertiary/aromatic N) is 2. The van der Waals surface area contributed by atoms with Gasteiger partial charge in [-0.1, -0.05) is 54.6 Å². The number of carbonyl (C=O) groups excluding carboxylic acids is 1. The molecule has 152 valence electrons. The lowest BCUT2D eigenvalue weighted by Crippen LogP contribution is -2.29. The van der Waals surface area contributed by atoms with E-state index in [9.17, 15) is 9.18 Å². The molecule has 0 fully saturated rings. The van der Waals surface area contributed by atoms with Crippen LogP contribution in [0.5, 0.6) is 0 Å². The summed E-state index contributed by atoms with van der Waals surface area (Å²) in [5.74, 6) is 0.0621. The molecule has 0 spiro atoms. The van der Waals surface area contributed by atoms with E-state index in [1.165, 1.54) is 18.3 Å². The quantitative estimate of drug-likeness (QED) is 0.520. The average molecular weight is 411 g/mol. The summed E-state index contributed by atoms with van der Waals surface area (Å²) in [4.78, 5) is 22.0. The van der Waals surface area contributed by atoms with Gasteiger partial charge in [-0.25, -0.2) is 9.37 Å². The normalized spacial score (nSPS) is 15.7. The Labute approximate surface area is 178 Å². The average Bonchev–Trinajstić information content (AvgIpc) is 3.21. The number of ketones is 1. The Morgan fingerprint density at radius 3 is 2.45 bits per heavy atom. The van der Waals surface area contributed by atoms with E-state index in [-0.39, 0.29) is 24.0 Å². The van der Waals surface area contributed by atoms with E-state index in [2.05, 4.69) is 10.3 Å². The number of hydrogen-bond acceptors (Lipinski definition) is 5. The van der Waals surface area contributed by atoms with E-state index in [4.69, 9.17) is 9.41 Å². The van der Waals surface area contributed by atoms with Crippen LogP contribution in [0.15, 0.2) is 94.5 Å². The highest BCUT2D eigenvalue weighted by Gasteiger charge is 2.27. The molecule has 0 amide bonds. The molecule has 0 radical (unpaired) electrons. The lowest BCUT2D eigenvalue weighted by atomic mass is 9.96. The molecule has 5 rings (SSSR count). The fourth-order valence-corrected chi connectivity index (χ4v) is 3.60. The molecule has 1 atom stereocenters. The number of benzene rings is 3. The minimum atomic E-state index is -0.845. The zero-order valence-electron chi connectivity index (χ0n) is 16.5. The molecule has 4 aromatic rings. The maximum absolute atomic E-state index is 13.2. The van der Waals surface area contributed by atoms with Gasteiger partial charge in [0.05, 0.1) is 11.9 Å². The van der Waals surface area contributed by atoms with Crippen LogP contribution in [0.4, 0.5) is 10.4 Å². The number of fused-ring (bicyclic) bond motifs is 1. The molecular weight excluding hydrogens is 393 g/mol. The summed E-state index contributed by atoms with van der Waals surface area (Å²) in [5, 5.41) is 3.02. The number of hydrogen-bond donors (Lipinski definition) is 1. The van der Waals surface area contributed by atoms with Gasteiger partial charge < -0.3 is 9.73 Å². The third-order valence-corrected chi connectivity index (χ3v) is 5.14. The Morgan fingerprint density at radius 1 is 0.903 bits per heavy atom. The minimum Gasteiger partial charge on any atom is -0.424 e. The maximum Gasteiger partial charge on any atom is 0.297 e. The Hall–Kier alpha value is -4.06. The molecule has 2 heterocycles. The first-order chi connectivity index (χ1) is 15.2. The van der Waals surface area contributed by atoms with Crippen molar-refractivity contribution in [2.45, 2.75) is 12.6 Å². The van der Waals surface area contributed by atoms with Crippen molar-refractivity contribution in [2.24, 2.45) is 4.99 Å². The molecule has 1 unspecified atom stereocenters. The van der Waals surface area contributed by atoms with Crippen LogP contribution in [-0.2, 0) is 11.2 Å². The van der Waals surface area contributed by atoms with Gasteiger partial charge in [0.15, 0.2) is 17.7 Å². The van der Waals surface area contributed by atoms with Gasteiger partial charge in [-0.2, -0.15) is 0 Å². The molecule has 0 bridgehead atoms. The summed E-state index contributed by atoms with van der Waals surface area (Å²) in [7, 11) is 0. The van der Waals surface area contributed by atoms with Gasteiger partial charge in [-0.15, -0.1) is 0 Å². The highest BCUT2D eigenvalue weighted by molar-refractivity contribution is 6.16. The zero-order valence-corrected chi connectivity index (χ0v) is 16.5. The van der Waals surface area contributed by atoms with Crippen LogP contribution >= 0.6 is 0 Å². The molecule has 1 aromatic heterocycles. The van der Waals surface area contributed by atoms with Crippen LogP contribution in [0, 0.1) is 5.82 Å². The van der Waals surface area contributed by atoms with Crippen molar-refractivity contribution in [3.63, 3.8) is 0 Å². The Balaban J connectivity index is 1.49. The number of aromatic nitrogens is 1. The number of oxazole rings is 1. The monoisotopic (exact) mass is 411 g/mol. The predicted octanol–water partition coefficient (Wildman–Crippen LogP) is 4.88. The Bertz CT molecular complexity index is 1260. The first-order valence-corrected chi connectivity index (χ1v) is 9.90. The van der Waals surface area contributed by atoms with Crippen LogP contribution in [-0.4, -0.2) is 22.6 Å². The number of halogens is 1. The number of aliphatic imine (C=N–C) groups is 1. The topological polar surface area (TPSA) is 67.5 Å². The van der Waals surface area contributed by atoms with Gasteiger partial charge in [0.1, 0.15) is 5.82 Å². The molecule has 1 N–H and O–H groups in total. The maximum atomic E-state index is 13.2. The molecule has 0 aliphatic carbocycles. The lowest BCUT2D eigenvalue weighted by molar-refractivity contribution is -0.119. The van der Waals surface area contributed by atoms with Crippen molar-refractivity contribution in [1.29, 1.82) is 0 Å². The van der Waals surface area contributed by atoms with Crippen molar-refractivity contribution in [3.05, 3.63) is 108 Å². The number of rotatable bonds is 4. The Morgan fingerprint density at radius 2 is 1.65 bits per heavy atom. The second-order valence-electron chi connectivity index (χ2n) is 7.23. The molecule has 6 heteroatoms. The van der Waals surface area contributed by atoms with Gasteiger partial charge >= 0.3 is 0 Å². The van der Waals surface area contributed by atoms with E-state index in [0.29, 0.717) is 11.3 Å². The van der Waals surface area contributed by atoms with Crippen molar-refractivity contribution in [2.75, 3.05) is 5.32 Å². The van der Waals surface area contributed by atoms with E-state index in [1.54, 1.807) is 12.1 Å². The molecule has 31 heavy (non-hydrogen) atoms. The van der Waals surface area contributed by atoms with Crippen LogP contribution in [0.2, 0.25) is 0 Å². The van der Waals surface area contributed by atoms with Gasteiger partial charge in [0, 0.05) is 23.1 Å². The highest BCUT2D eigenvalue weighted by Crippen LogP contribution is 2.25. The van der Waals surface area contributed by atoms with Crippen molar-refractivity contribution < 1.29 is 13.6 Å². The number of carbonyl (C=O) groups is 1. The lowest BCUT2D eigenvalue weighted by Gasteiger charge is -2.12. The third-order valence-electron chi connectivity index (χ3n) is 5.14. The van der Waals surface area contributed by atoms with Crippen LogP contribution in [0.25, 0.3) is 11.3 Å². The van der Waals surface area contributed by atoms with Gasteiger partial charge in [0.2, 0.25) is 0 Å². The number of Topliss-reactive ketones (excluding diaryl/α,β-unsaturated/α-hetero) is 1. The first-order valence-electron chi connectivity index (χ1n) is 9.90. The summed E-state index contributed by atoms with van der Waals surface area (Å²) in [6, 6.07) is 23.7. The standard InChI is InChI=1S/C25H18FN3O2/c26-19-12-10-16(11-13-19)22-15-27-25(31-22)29-24-21(30)14-18-8-4-5-9-20(18)23(28-24)17-6-2-1-3-7-17/h1-13,15,24H,14H2,(H,27,29). The molecule has 1 aliphatic rings. The van der Waals surface area contributed by atoms with Crippen LogP contribution in [0.1, 0.15) is 16.7 Å². The molecule has 5 nitrogen and oxygen atoms in total. The van der Waals surface area contributed by atoms with Crippen molar-refractivity contribution in [1.82, 2.24) is 4.98 Å². The molecule has 3 aromatic carbocycles. The van der Waals surface area contributed by atoms with Gasteiger partial charge in [-0.05, 0) is 29.8 Å². The summed E-state index contributed by atoms with van der Waals surface area (Å²) < 4.78 is 18.9.